The number of Topliss-reactive ketones (excluding diaryl/α,β-unsaturated/α-hetero) is 1. The maximum Gasteiger partial charge on any atom is 0.184 e. The summed E-state index contributed by atoms with van der Waals surface area (Å²) in [5, 5.41) is 0. The van der Waals surface area contributed by atoms with Gasteiger partial charge in [-0.1, -0.05) is 36.4 Å². The van der Waals surface area contributed by atoms with E-state index in [4.69, 9.17) is 0 Å². The van der Waals surface area contributed by atoms with Crippen molar-refractivity contribution in [3.8, 4) is 0 Å². The molecule has 76 valence electrons. The normalized spacial score (nSPS) is 18.9. The Kier molecular flexibility index (Phi) is 2.55. The van der Waals surface area contributed by atoms with Crippen LogP contribution in [0.3, 0.4) is 0 Å². The van der Waals surface area contributed by atoms with Crippen molar-refractivity contribution in [3.63, 3.8) is 0 Å². The molecule has 0 atom stereocenters. The summed E-state index contributed by atoms with van der Waals surface area (Å²) in [5.41, 5.74) is 3.97. The van der Waals surface area contributed by atoms with E-state index < -0.39 is 0 Å². The molecule has 1 aromatic rings. The number of carbonyl (C=O) groups is 1. The van der Waals surface area contributed by atoms with Crippen LogP contribution in [-0.4, -0.2) is 5.78 Å². The molecule has 1 nitrogen and oxygen atoms in total. The van der Waals surface area contributed by atoms with Crippen LogP contribution in [0.4, 0.5) is 0 Å². The van der Waals surface area contributed by atoms with Crippen LogP contribution < -0.4 is 0 Å². The van der Waals surface area contributed by atoms with Crippen LogP contribution in [0.5, 0.6) is 0 Å². The van der Waals surface area contributed by atoms with Gasteiger partial charge in [-0.15, -0.1) is 0 Å². The van der Waals surface area contributed by atoms with Gasteiger partial charge in [-0.25, -0.2) is 0 Å². The number of hydrogen-bond donors (Lipinski definition) is 0. The first kappa shape index (κ1) is 9.91. The first-order valence-corrected chi connectivity index (χ1v) is 5.16. The number of hydrogen-bond acceptors (Lipinski definition) is 1. The maximum absolute atomic E-state index is 11.6. The first-order chi connectivity index (χ1) is 7.16. The fourth-order valence-corrected chi connectivity index (χ4v) is 1.74. The van der Waals surface area contributed by atoms with Gasteiger partial charge >= 0.3 is 0 Å². The van der Waals surface area contributed by atoms with Gasteiger partial charge in [0.2, 0.25) is 0 Å². The predicted octanol–water partition coefficient (Wildman–Crippen LogP) is 3.30. The van der Waals surface area contributed by atoms with Crippen molar-refractivity contribution >= 4 is 11.9 Å². The van der Waals surface area contributed by atoms with E-state index in [2.05, 4.69) is 25.6 Å². The minimum absolute atomic E-state index is 0.135. The van der Waals surface area contributed by atoms with E-state index >= 15 is 0 Å². The predicted molar refractivity (Wildman–Crippen MR) is 62.5 cm³/mol. The molecule has 0 N–H and O–H groups in total. The SMILES string of the molecule is C=C1CC/C(=C\c2ccc(C)cc2)C1=O. The molecule has 1 fully saturated rings. The second kappa shape index (κ2) is 3.85. The highest BCUT2D eigenvalue weighted by Crippen LogP contribution is 2.26. The first-order valence-electron chi connectivity index (χ1n) is 5.16. The summed E-state index contributed by atoms with van der Waals surface area (Å²) >= 11 is 0. The standard InChI is InChI=1S/C14H14O/c1-10-3-6-12(7-4-10)9-13-8-5-11(2)14(13)15/h3-4,6-7,9H,2,5,8H2,1H3/b13-9+. The Labute approximate surface area is 90.1 Å². The molecule has 1 aromatic carbocycles. The summed E-state index contributed by atoms with van der Waals surface area (Å²) < 4.78 is 0. The molecule has 0 amide bonds. The average molecular weight is 198 g/mol. The van der Waals surface area contributed by atoms with Crippen LogP contribution in [0.1, 0.15) is 24.0 Å². The van der Waals surface area contributed by atoms with Gasteiger partial charge in [-0.3, -0.25) is 4.79 Å². The van der Waals surface area contributed by atoms with E-state index in [1.165, 1.54) is 5.56 Å². The Morgan fingerprint density at radius 2 is 1.87 bits per heavy atom. The van der Waals surface area contributed by atoms with E-state index in [1.807, 2.05) is 18.2 Å². The largest absolute Gasteiger partial charge is 0.289 e. The molecule has 0 spiro atoms. The quantitative estimate of drug-likeness (QED) is 0.633. The number of aryl methyl sites for hydroxylation is 1. The van der Waals surface area contributed by atoms with Gasteiger partial charge in [-0.05, 0) is 37.0 Å². The Morgan fingerprint density at radius 1 is 1.20 bits per heavy atom. The van der Waals surface area contributed by atoms with Crippen molar-refractivity contribution in [2.75, 3.05) is 0 Å². The summed E-state index contributed by atoms with van der Waals surface area (Å²) in [6.07, 6.45) is 3.63. The molecule has 1 aliphatic carbocycles. The van der Waals surface area contributed by atoms with Crippen LogP contribution in [0.15, 0.2) is 42.0 Å². The third-order valence-corrected chi connectivity index (χ3v) is 2.73. The van der Waals surface area contributed by atoms with E-state index in [1.54, 1.807) is 0 Å². The molecule has 1 aliphatic rings. The minimum Gasteiger partial charge on any atom is -0.289 e. The Morgan fingerprint density at radius 3 is 2.40 bits per heavy atom. The van der Waals surface area contributed by atoms with Crippen LogP contribution in [0, 0.1) is 6.92 Å². The lowest BCUT2D eigenvalue weighted by Crippen LogP contribution is -1.93. The second-order valence-corrected chi connectivity index (χ2v) is 4.01. The van der Waals surface area contributed by atoms with E-state index in [0.717, 1.165) is 29.6 Å². The number of allylic oxidation sites excluding steroid dienone is 2. The number of ketones is 1. The monoisotopic (exact) mass is 198 g/mol. The summed E-state index contributed by atoms with van der Waals surface area (Å²) in [6, 6.07) is 8.19. The molecule has 0 radical (unpaired) electrons. The number of benzene rings is 1. The molecule has 0 aromatic heterocycles. The fraction of sp³-hybridized carbons (Fsp3) is 0.214. The summed E-state index contributed by atoms with van der Waals surface area (Å²) in [7, 11) is 0. The molecule has 1 heteroatoms. The smallest absolute Gasteiger partial charge is 0.184 e. The third-order valence-electron chi connectivity index (χ3n) is 2.73. The molecule has 2 rings (SSSR count). The van der Waals surface area contributed by atoms with Crippen molar-refractivity contribution in [1.29, 1.82) is 0 Å². The van der Waals surface area contributed by atoms with Crippen molar-refractivity contribution in [2.45, 2.75) is 19.8 Å². The Bertz CT molecular complexity index is 435. The van der Waals surface area contributed by atoms with Crippen molar-refractivity contribution in [2.24, 2.45) is 0 Å². The molecule has 15 heavy (non-hydrogen) atoms. The molecule has 1 saturated carbocycles. The Hall–Kier alpha value is -1.63. The summed E-state index contributed by atoms with van der Waals surface area (Å²) in [6.45, 7) is 5.81. The summed E-state index contributed by atoms with van der Waals surface area (Å²) in [4.78, 5) is 11.6. The van der Waals surface area contributed by atoms with E-state index in [-0.39, 0.29) is 5.78 Å². The van der Waals surface area contributed by atoms with Gasteiger partial charge in [0.15, 0.2) is 5.78 Å². The van der Waals surface area contributed by atoms with Gasteiger partial charge < -0.3 is 0 Å². The summed E-state index contributed by atoms with van der Waals surface area (Å²) in [5.74, 6) is 0.135. The molecular formula is C14H14O. The molecule has 0 bridgehead atoms. The Balaban J connectivity index is 2.27. The number of rotatable bonds is 1. The van der Waals surface area contributed by atoms with Crippen LogP contribution in [0.2, 0.25) is 0 Å². The second-order valence-electron chi connectivity index (χ2n) is 4.01. The molecule has 0 aliphatic heterocycles. The zero-order valence-corrected chi connectivity index (χ0v) is 8.92. The maximum atomic E-state index is 11.6. The van der Waals surface area contributed by atoms with Crippen LogP contribution >= 0.6 is 0 Å². The van der Waals surface area contributed by atoms with Gasteiger partial charge in [0, 0.05) is 5.57 Å². The third kappa shape index (κ3) is 2.07. The van der Waals surface area contributed by atoms with Crippen molar-refractivity contribution in [3.05, 3.63) is 53.1 Å². The van der Waals surface area contributed by atoms with Crippen LogP contribution in [-0.2, 0) is 4.79 Å². The lowest BCUT2D eigenvalue weighted by atomic mass is 10.1. The van der Waals surface area contributed by atoms with Gasteiger partial charge in [0.1, 0.15) is 0 Å². The van der Waals surface area contributed by atoms with Gasteiger partial charge in [0.25, 0.3) is 0 Å². The molecule has 0 saturated heterocycles. The fourth-order valence-electron chi connectivity index (χ4n) is 1.74. The van der Waals surface area contributed by atoms with Gasteiger partial charge in [-0.2, -0.15) is 0 Å². The number of carbonyl (C=O) groups excluding carboxylic acids is 1. The van der Waals surface area contributed by atoms with E-state index in [9.17, 15) is 4.79 Å². The highest BCUT2D eigenvalue weighted by Gasteiger charge is 2.20. The lowest BCUT2D eigenvalue weighted by Gasteiger charge is -1.97. The lowest BCUT2D eigenvalue weighted by molar-refractivity contribution is -0.111. The molecule has 0 heterocycles. The van der Waals surface area contributed by atoms with Crippen molar-refractivity contribution in [1.82, 2.24) is 0 Å². The highest BCUT2D eigenvalue weighted by molar-refractivity contribution is 6.12. The molecular weight excluding hydrogens is 184 g/mol. The van der Waals surface area contributed by atoms with Crippen molar-refractivity contribution < 1.29 is 4.79 Å². The minimum atomic E-state index is 0.135. The average Bonchev–Trinajstić information content (AvgIpc) is 2.53. The topological polar surface area (TPSA) is 17.1 Å². The molecule has 0 unspecified atom stereocenters. The van der Waals surface area contributed by atoms with Crippen LogP contribution in [0.25, 0.3) is 6.08 Å². The highest BCUT2D eigenvalue weighted by atomic mass is 16.1. The zero-order valence-electron chi connectivity index (χ0n) is 8.92. The van der Waals surface area contributed by atoms with Gasteiger partial charge in [0.05, 0.1) is 0 Å². The zero-order chi connectivity index (χ0) is 10.8. The van der Waals surface area contributed by atoms with E-state index in [0.29, 0.717) is 0 Å².